The number of carbonyl (C=O) groups excluding carboxylic acids is 1. The topological polar surface area (TPSA) is 66.8 Å². The van der Waals surface area contributed by atoms with E-state index in [0.717, 1.165) is 12.8 Å². The number of hydrogen-bond donors (Lipinski definition) is 2. The fraction of sp³-hybridized carbons (Fsp3) is 0.941. The zero-order valence-corrected chi connectivity index (χ0v) is 13.7. The van der Waals surface area contributed by atoms with Crippen molar-refractivity contribution in [2.75, 3.05) is 13.2 Å². The van der Waals surface area contributed by atoms with E-state index in [0.29, 0.717) is 6.61 Å². The molecule has 0 saturated heterocycles. The van der Waals surface area contributed by atoms with Gasteiger partial charge in [0.25, 0.3) is 0 Å². The minimum absolute atomic E-state index is 0.341. The molecular weight excluding hydrogens is 268 g/mol. The number of hydrogen-bond acceptors (Lipinski definition) is 4. The van der Waals surface area contributed by atoms with Crippen LogP contribution in [0.15, 0.2) is 0 Å². The van der Waals surface area contributed by atoms with Gasteiger partial charge < -0.3 is 14.9 Å². The van der Waals surface area contributed by atoms with Crippen LogP contribution in [0.5, 0.6) is 0 Å². The van der Waals surface area contributed by atoms with Crippen molar-refractivity contribution in [3.63, 3.8) is 0 Å². The Morgan fingerprint density at radius 3 is 1.71 bits per heavy atom. The summed E-state index contributed by atoms with van der Waals surface area (Å²) in [5, 5.41) is 17.6. The number of ether oxygens (including phenoxy) is 1. The number of unbranched alkanes of at least 4 members (excludes halogenated alkanes) is 11. The Labute approximate surface area is 129 Å². The van der Waals surface area contributed by atoms with E-state index < -0.39 is 18.7 Å². The lowest BCUT2D eigenvalue weighted by Gasteiger charge is -2.07. The fourth-order valence-electron chi connectivity index (χ4n) is 2.29. The van der Waals surface area contributed by atoms with E-state index in [9.17, 15) is 4.79 Å². The summed E-state index contributed by atoms with van der Waals surface area (Å²) in [6.07, 6.45) is 13.8. The average Bonchev–Trinajstić information content (AvgIpc) is 2.50. The second-order valence-corrected chi connectivity index (χ2v) is 5.75. The summed E-state index contributed by atoms with van der Waals surface area (Å²) in [5.41, 5.74) is 0. The van der Waals surface area contributed by atoms with Crippen LogP contribution in [0.25, 0.3) is 0 Å². The number of aliphatic hydroxyl groups excluding tert-OH is 2. The maximum absolute atomic E-state index is 11.0. The molecule has 0 rings (SSSR count). The van der Waals surface area contributed by atoms with Crippen molar-refractivity contribution in [3.8, 4) is 0 Å². The highest BCUT2D eigenvalue weighted by Crippen LogP contribution is 2.11. The van der Waals surface area contributed by atoms with Crippen molar-refractivity contribution < 1.29 is 19.7 Å². The van der Waals surface area contributed by atoms with Crippen LogP contribution in [0.2, 0.25) is 0 Å². The molecular formula is C17H34O4. The SMILES string of the molecule is CCCCCCCCCCCCCCOC(=O)[C@H](O)CO. The summed E-state index contributed by atoms with van der Waals surface area (Å²) >= 11 is 0. The molecule has 0 aliphatic carbocycles. The molecule has 0 aromatic carbocycles. The first kappa shape index (κ1) is 20.4. The van der Waals surface area contributed by atoms with Crippen LogP contribution in [-0.4, -0.2) is 35.5 Å². The first-order valence-corrected chi connectivity index (χ1v) is 8.68. The standard InChI is InChI=1S/C17H34O4/c1-2-3-4-5-6-7-8-9-10-11-12-13-14-21-17(20)16(19)15-18/h16,18-19H,2-15H2,1H3/t16-/m1/s1. The van der Waals surface area contributed by atoms with Gasteiger partial charge in [-0.05, 0) is 6.42 Å². The Morgan fingerprint density at radius 2 is 1.29 bits per heavy atom. The Balaban J connectivity index is 3.11. The van der Waals surface area contributed by atoms with E-state index >= 15 is 0 Å². The molecule has 1 atom stereocenters. The van der Waals surface area contributed by atoms with Crippen LogP contribution in [0.4, 0.5) is 0 Å². The Kier molecular flexibility index (Phi) is 15.3. The third-order valence-electron chi connectivity index (χ3n) is 3.69. The Hall–Kier alpha value is -0.610. The highest BCUT2D eigenvalue weighted by atomic mass is 16.5. The zero-order chi connectivity index (χ0) is 15.8. The lowest BCUT2D eigenvalue weighted by molar-refractivity contribution is -0.155. The molecule has 126 valence electrons. The largest absolute Gasteiger partial charge is 0.464 e. The van der Waals surface area contributed by atoms with Crippen LogP contribution >= 0.6 is 0 Å². The van der Waals surface area contributed by atoms with Gasteiger partial charge in [-0.1, -0.05) is 77.6 Å². The van der Waals surface area contributed by atoms with Crippen molar-refractivity contribution in [2.24, 2.45) is 0 Å². The van der Waals surface area contributed by atoms with Gasteiger partial charge >= 0.3 is 5.97 Å². The van der Waals surface area contributed by atoms with Crippen LogP contribution in [-0.2, 0) is 9.53 Å². The molecule has 4 nitrogen and oxygen atoms in total. The van der Waals surface area contributed by atoms with Crippen LogP contribution < -0.4 is 0 Å². The highest BCUT2D eigenvalue weighted by molar-refractivity contribution is 5.74. The van der Waals surface area contributed by atoms with Gasteiger partial charge in [-0.25, -0.2) is 4.79 Å². The van der Waals surface area contributed by atoms with E-state index in [1.165, 1.54) is 64.2 Å². The molecule has 0 aliphatic heterocycles. The normalized spacial score (nSPS) is 12.3. The summed E-state index contributed by atoms with van der Waals surface area (Å²) in [7, 11) is 0. The van der Waals surface area contributed by atoms with Crippen molar-refractivity contribution in [3.05, 3.63) is 0 Å². The van der Waals surface area contributed by atoms with Crippen LogP contribution in [0, 0.1) is 0 Å². The van der Waals surface area contributed by atoms with Gasteiger partial charge in [-0.3, -0.25) is 0 Å². The minimum atomic E-state index is -1.39. The maximum atomic E-state index is 11.0. The van der Waals surface area contributed by atoms with Gasteiger partial charge in [0, 0.05) is 0 Å². The number of carbonyl (C=O) groups is 1. The molecule has 4 heteroatoms. The first-order chi connectivity index (χ1) is 10.2. The lowest BCUT2D eigenvalue weighted by atomic mass is 10.1. The molecule has 21 heavy (non-hydrogen) atoms. The second-order valence-electron chi connectivity index (χ2n) is 5.75. The summed E-state index contributed by atoms with van der Waals surface area (Å²) in [4.78, 5) is 11.0. The predicted molar refractivity (Wildman–Crippen MR) is 85.1 cm³/mol. The summed E-state index contributed by atoms with van der Waals surface area (Å²) in [6, 6.07) is 0. The van der Waals surface area contributed by atoms with E-state index in [4.69, 9.17) is 14.9 Å². The van der Waals surface area contributed by atoms with E-state index in [1.807, 2.05) is 0 Å². The minimum Gasteiger partial charge on any atom is -0.464 e. The molecule has 0 aromatic rings. The quantitative estimate of drug-likeness (QED) is 0.358. The Bertz CT molecular complexity index is 231. The molecule has 0 amide bonds. The molecule has 0 spiro atoms. The van der Waals surface area contributed by atoms with E-state index in [-0.39, 0.29) is 0 Å². The molecule has 2 N–H and O–H groups in total. The van der Waals surface area contributed by atoms with Crippen molar-refractivity contribution in [2.45, 2.75) is 90.1 Å². The Morgan fingerprint density at radius 1 is 0.857 bits per heavy atom. The molecule has 0 bridgehead atoms. The molecule has 0 saturated carbocycles. The van der Waals surface area contributed by atoms with Crippen LogP contribution in [0.3, 0.4) is 0 Å². The zero-order valence-electron chi connectivity index (χ0n) is 13.7. The summed E-state index contributed by atoms with van der Waals surface area (Å²) < 4.78 is 4.84. The van der Waals surface area contributed by atoms with Crippen molar-refractivity contribution in [1.82, 2.24) is 0 Å². The predicted octanol–water partition coefficient (Wildman–Crippen LogP) is 3.58. The maximum Gasteiger partial charge on any atom is 0.337 e. The van der Waals surface area contributed by atoms with E-state index in [2.05, 4.69) is 6.92 Å². The smallest absolute Gasteiger partial charge is 0.337 e. The number of rotatable bonds is 15. The molecule has 0 heterocycles. The van der Waals surface area contributed by atoms with Crippen molar-refractivity contribution in [1.29, 1.82) is 0 Å². The average molecular weight is 302 g/mol. The third-order valence-corrected chi connectivity index (χ3v) is 3.69. The van der Waals surface area contributed by atoms with Gasteiger partial charge in [0.15, 0.2) is 6.10 Å². The highest BCUT2D eigenvalue weighted by Gasteiger charge is 2.14. The van der Waals surface area contributed by atoms with Gasteiger partial charge in [0.05, 0.1) is 13.2 Å². The molecule has 0 fully saturated rings. The summed E-state index contributed by atoms with van der Waals surface area (Å²) in [5.74, 6) is -0.722. The van der Waals surface area contributed by atoms with Crippen molar-refractivity contribution >= 4 is 5.97 Å². The van der Waals surface area contributed by atoms with Gasteiger partial charge in [0.2, 0.25) is 0 Å². The molecule has 0 radical (unpaired) electrons. The van der Waals surface area contributed by atoms with Crippen LogP contribution in [0.1, 0.15) is 84.0 Å². The fourth-order valence-corrected chi connectivity index (χ4v) is 2.29. The monoisotopic (exact) mass is 302 g/mol. The summed E-state index contributed by atoms with van der Waals surface area (Å²) in [6.45, 7) is 2.01. The molecule has 0 aliphatic rings. The third kappa shape index (κ3) is 14.1. The lowest BCUT2D eigenvalue weighted by Crippen LogP contribution is -2.26. The van der Waals surface area contributed by atoms with Gasteiger partial charge in [-0.15, -0.1) is 0 Å². The van der Waals surface area contributed by atoms with E-state index in [1.54, 1.807) is 0 Å². The van der Waals surface area contributed by atoms with Gasteiger partial charge in [0.1, 0.15) is 0 Å². The number of aliphatic hydroxyl groups is 2. The first-order valence-electron chi connectivity index (χ1n) is 8.68. The molecule has 0 unspecified atom stereocenters. The number of esters is 1. The van der Waals surface area contributed by atoms with Gasteiger partial charge in [-0.2, -0.15) is 0 Å². The molecule has 0 aromatic heterocycles. The second kappa shape index (κ2) is 15.8.